The second kappa shape index (κ2) is 20.9. The molecule has 78 heavy (non-hydrogen) atoms. The molecule has 13 nitrogen and oxygen atoms in total. The number of nitrogens with zero attached hydrogens (tertiary/aromatic N) is 2. The Labute approximate surface area is 441 Å². The number of carbonyl (C=O) groups is 6. The van der Waals surface area contributed by atoms with Gasteiger partial charge in [-0.2, -0.15) is 26.3 Å². The monoisotopic (exact) mass is 1090 g/mol. The van der Waals surface area contributed by atoms with Gasteiger partial charge < -0.3 is 24.6 Å². The Hall–Kier alpha value is -7.68. The number of hydrogen-bond donors (Lipinski definition) is 3. The van der Waals surface area contributed by atoms with Crippen LogP contribution in [0.3, 0.4) is 0 Å². The van der Waals surface area contributed by atoms with Crippen LogP contribution in [0.15, 0.2) is 91.0 Å². The molecule has 3 heterocycles. The highest BCUT2D eigenvalue weighted by molar-refractivity contribution is 5.97. The number of carbonyl (C=O) groups excluding carboxylic acids is 6. The number of benzene rings is 5. The SMILES string of the molecule is COC(=O)c1cccc2c1CC1(CCN(Cc3ccc(C(F)(F)F)c(F)c3)C1=O)C2.COC(=O)c1cccc2c1CC1(CCNC1=O)C2.O=C(NO)c1cccc2c1CC1(CCN(Cc3ccc(C(F)(F)F)c(F)c3)C1=O)C2. The van der Waals surface area contributed by atoms with E-state index in [4.69, 9.17) is 14.7 Å². The van der Waals surface area contributed by atoms with Gasteiger partial charge in [-0.1, -0.05) is 48.5 Å². The molecule has 11 rings (SSSR count). The van der Waals surface area contributed by atoms with Crippen LogP contribution in [0.25, 0.3) is 0 Å². The number of alkyl halides is 6. The summed E-state index contributed by atoms with van der Waals surface area (Å²) < 4.78 is 114. The van der Waals surface area contributed by atoms with Crippen molar-refractivity contribution in [3.63, 3.8) is 0 Å². The third kappa shape index (κ3) is 10.3. The van der Waals surface area contributed by atoms with Crippen LogP contribution in [-0.2, 0) is 87.8 Å². The normalized spacial score (nSPS) is 21.7. The lowest BCUT2D eigenvalue weighted by Crippen LogP contribution is -2.35. The Bertz CT molecular complexity index is 3110. The van der Waals surface area contributed by atoms with E-state index in [0.29, 0.717) is 98.0 Å². The summed E-state index contributed by atoms with van der Waals surface area (Å²) in [6.07, 6.45) is -4.55. The molecule has 3 saturated heterocycles. The highest BCUT2D eigenvalue weighted by Gasteiger charge is 2.53. The minimum absolute atomic E-state index is 0.00989. The zero-order valence-electron chi connectivity index (χ0n) is 42.2. The number of amides is 4. The van der Waals surface area contributed by atoms with E-state index in [2.05, 4.69) is 5.32 Å². The Kier molecular flexibility index (Phi) is 14.8. The number of hydrogen-bond acceptors (Lipinski definition) is 9. The highest BCUT2D eigenvalue weighted by atomic mass is 19.4. The molecule has 3 atom stereocenters. The van der Waals surface area contributed by atoms with Crippen molar-refractivity contribution in [1.29, 1.82) is 0 Å². The summed E-state index contributed by atoms with van der Waals surface area (Å²) in [6, 6.07) is 21.5. The van der Waals surface area contributed by atoms with E-state index in [1.807, 2.05) is 24.3 Å². The Morgan fingerprint density at radius 2 is 0.974 bits per heavy atom. The van der Waals surface area contributed by atoms with Gasteiger partial charge in [-0.25, -0.2) is 23.9 Å². The molecule has 410 valence electrons. The van der Waals surface area contributed by atoms with E-state index in [1.54, 1.807) is 40.7 Å². The Balaban J connectivity index is 0.000000147. The zero-order valence-corrected chi connectivity index (χ0v) is 42.2. The molecule has 4 amide bonds. The van der Waals surface area contributed by atoms with E-state index in [1.165, 1.54) is 31.3 Å². The van der Waals surface area contributed by atoms with Gasteiger partial charge in [-0.05, 0) is 145 Å². The first-order valence-electron chi connectivity index (χ1n) is 25.0. The minimum atomic E-state index is -4.77. The molecule has 5 aromatic carbocycles. The summed E-state index contributed by atoms with van der Waals surface area (Å²) in [6.45, 7) is 1.59. The molecule has 5 aromatic rings. The van der Waals surface area contributed by atoms with Gasteiger partial charge in [0.05, 0.1) is 52.7 Å². The van der Waals surface area contributed by atoms with Crippen molar-refractivity contribution in [3.8, 4) is 0 Å². The predicted octanol–water partition coefficient (Wildman–Crippen LogP) is 8.71. The molecule has 0 saturated carbocycles. The molecule has 0 radical (unpaired) electrons. The van der Waals surface area contributed by atoms with Gasteiger partial charge in [0.2, 0.25) is 17.7 Å². The van der Waals surface area contributed by atoms with Crippen LogP contribution in [0.2, 0.25) is 0 Å². The second-order valence-corrected chi connectivity index (χ2v) is 20.7. The molecule has 6 aliphatic rings. The molecule has 21 heteroatoms. The standard InChI is InChI=1S/C22H19F4NO3.C21H18F4N2O3.C14H15NO3/c1-30-19(28)15-4-2-3-14-10-21(11-16(14)15)7-8-27(20(21)29)12-13-5-6-17(18(23)9-13)22(24,25)26;22-17-8-12(4-5-16(17)21(23,24)25)11-27-7-6-20(19(27)29)9-13-2-1-3-14(15(13)10-20)18(28)26-30;1-18-12(16)10-4-2-3-9-7-14(8-11(9)10)5-6-15-13(14)17/h2-6,9H,7-8,10-12H2,1H3;1-5,8,30H,6-7,9-11H2,(H,26,28);2-4H,5-8H2,1H3,(H,15,17). The largest absolute Gasteiger partial charge is 0.465 e. The fourth-order valence-electron chi connectivity index (χ4n) is 12.2. The molecule has 3 spiro atoms. The molecule has 0 aromatic heterocycles. The summed E-state index contributed by atoms with van der Waals surface area (Å²) in [4.78, 5) is 77.1. The van der Waals surface area contributed by atoms with E-state index >= 15 is 0 Å². The van der Waals surface area contributed by atoms with Crippen LogP contribution in [0.4, 0.5) is 35.1 Å². The minimum Gasteiger partial charge on any atom is -0.465 e. The van der Waals surface area contributed by atoms with Gasteiger partial charge in [0.1, 0.15) is 11.6 Å². The number of rotatable bonds is 7. The van der Waals surface area contributed by atoms with Crippen molar-refractivity contribution >= 4 is 35.6 Å². The van der Waals surface area contributed by atoms with Gasteiger partial charge >= 0.3 is 24.3 Å². The number of fused-ring (bicyclic) bond motifs is 3. The van der Waals surface area contributed by atoms with Gasteiger partial charge in [0.25, 0.3) is 5.91 Å². The van der Waals surface area contributed by atoms with Gasteiger partial charge in [-0.15, -0.1) is 0 Å². The number of esters is 2. The second-order valence-electron chi connectivity index (χ2n) is 20.7. The number of methoxy groups -OCH3 is 2. The van der Waals surface area contributed by atoms with E-state index in [0.717, 1.165) is 59.3 Å². The summed E-state index contributed by atoms with van der Waals surface area (Å²) in [5, 5.41) is 11.8. The Morgan fingerprint density at radius 3 is 1.35 bits per heavy atom. The molecule has 3 aliphatic heterocycles. The van der Waals surface area contributed by atoms with Crippen molar-refractivity contribution in [3.05, 3.63) is 175 Å². The van der Waals surface area contributed by atoms with Crippen LogP contribution in [0, 0.1) is 27.9 Å². The summed E-state index contributed by atoms with van der Waals surface area (Å²) in [5.74, 6) is -4.31. The van der Waals surface area contributed by atoms with Crippen molar-refractivity contribution in [2.75, 3.05) is 33.9 Å². The smallest absolute Gasteiger partial charge is 0.419 e. The molecule has 0 bridgehead atoms. The number of nitrogens with one attached hydrogen (secondary N) is 2. The van der Waals surface area contributed by atoms with Crippen molar-refractivity contribution in [2.45, 2.75) is 83.2 Å². The van der Waals surface area contributed by atoms with Crippen LogP contribution < -0.4 is 10.8 Å². The third-order valence-electron chi connectivity index (χ3n) is 16.1. The van der Waals surface area contributed by atoms with E-state index < -0.39 is 57.8 Å². The van der Waals surface area contributed by atoms with Gasteiger partial charge in [0.15, 0.2) is 0 Å². The summed E-state index contributed by atoms with van der Waals surface area (Å²) in [7, 11) is 2.69. The van der Waals surface area contributed by atoms with Crippen molar-refractivity contribution in [2.24, 2.45) is 16.2 Å². The first kappa shape index (κ1) is 55.1. The molecule has 3 N–H and O–H groups in total. The van der Waals surface area contributed by atoms with Crippen LogP contribution in [0.5, 0.6) is 0 Å². The average molecular weight is 1090 g/mol. The molecular weight excluding hydrogens is 1040 g/mol. The summed E-state index contributed by atoms with van der Waals surface area (Å²) >= 11 is 0. The number of halogens is 8. The van der Waals surface area contributed by atoms with Gasteiger partial charge in [-0.3, -0.25) is 24.4 Å². The Morgan fingerprint density at radius 1 is 0.577 bits per heavy atom. The highest BCUT2D eigenvalue weighted by Crippen LogP contribution is 2.49. The lowest BCUT2D eigenvalue weighted by Gasteiger charge is -2.23. The maximum Gasteiger partial charge on any atom is 0.419 e. The fourth-order valence-corrected chi connectivity index (χ4v) is 12.2. The van der Waals surface area contributed by atoms with E-state index in [9.17, 15) is 63.9 Å². The van der Waals surface area contributed by atoms with Crippen molar-refractivity contribution in [1.82, 2.24) is 20.6 Å². The maximum absolute atomic E-state index is 13.9. The summed E-state index contributed by atoms with van der Waals surface area (Å²) in [5.41, 5.74) is 4.53. The third-order valence-corrected chi connectivity index (χ3v) is 16.1. The average Bonchev–Trinajstić information content (AvgIpc) is 4.46. The molecular formula is C57H52F8N4O9. The number of ether oxygens (including phenoxy) is 2. The fraction of sp³-hybridized carbons (Fsp3) is 0.368. The quantitative estimate of drug-likeness (QED) is 0.0624. The maximum atomic E-state index is 13.9. The number of likely N-dealkylation sites (tertiary alicyclic amines) is 2. The topological polar surface area (TPSA) is 172 Å². The zero-order chi connectivity index (χ0) is 56.1. The first-order valence-corrected chi connectivity index (χ1v) is 25.0. The molecule has 3 aliphatic carbocycles. The van der Waals surface area contributed by atoms with Gasteiger partial charge in [0, 0.05) is 38.3 Å². The lowest BCUT2D eigenvalue weighted by molar-refractivity contribution is -0.140. The van der Waals surface area contributed by atoms with E-state index in [-0.39, 0.29) is 47.8 Å². The van der Waals surface area contributed by atoms with Crippen LogP contribution in [0.1, 0.15) is 106 Å². The van der Waals surface area contributed by atoms with Crippen LogP contribution >= 0.6 is 0 Å². The predicted molar refractivity (Wildman–Crippen MR) is 261 cm³/mol. The lowest BCUT2D eigenvalue weighted by atomic mass is 9.83. The van der Waals surface area contributed by atoms with Crippen molar-refractivity contribution < 1.29 is 78.6 Å². The first-order chi connectivity index (χ1) is 36.9. The number of hydroxylamine groups is 1. The molecule has 3 fully saturated rings. The molecule has 3 unspecified atom stereocenters. The van der Waals surface area contributed by atoms with Crippen LogP contribution in [-0.4, -0.2) is 84.4 Å².